The maximum absolute atomic E-state index is 12.3. The molecule has 0 aliphatic heterocycles. The van der Waals surface area contributed by atoms with Crippen molar-refractivity contribution in [3.05, 3.63) is 52.5 Å². The third kappa shape index (κ3) is 4.64. The van der Waals surface area contributed by atoms with E-state index < -0.39 is 18.5 Å². The quantitative estimate of drug-likeness (QED) is 0.795. The van der Waals surface area contributed by atoms with Gasteiger partial charge in [0, 0.05) is 10.7 Å². The highest BCUT2D eigenvalue weighted by molar-refractivity contribution is 6.30. The van der Waals surface area contributed by atoms with Crippen molar-refractivity contribution in [2.75, 3.05) is 26.1 Å². The smallest absolute Gasteiger partial charge is 0.346 e. The highest BCUT2D eigenvalue weighted by atomic mass is 35.5. The molecule has 1 N–H and O–H groups in total. The van der Waals surface area contributed by atoms with Crippen LogP contribution in [0.5, 0.6) is 11.5 Å². The first-order chi connectivity index (χ1) is 12.0. The summed E-state index contributed by atoms with van der Waals surface area (Å²) in [5, 5.41) is 3.24. The van der Waals surface area contributed by atoms with Crippen LogP contribution >= 0.6 is 11.6 Å². The standard InChI is InChI=1S/C18H18ClNO5/c1-11-9-12(19)7-8-13(11)20-16(21)10-25-18(22)17-14(23-2)5-4-6-15(17)24-3/h4-9H,10H2,1-3H3,(H,20,21). The Morgan fingerprint density at radius 2 is 1.72 bits per heavy atom. The van der Waals surface area contributed by atoms with Crippen LogP contribution in [0.3, 0.4) is 0 Å². The van der Waals surface area contributed by atoms with E-state index in [2.05, 4.69) is 5.32 Å². The van der Waals surface area contributed by atoms with Crippen molar-refractivity contribution in [2.45, 2.75) is 6.92 Å². The lowest BCUT2D eigenvalue weighted by atomic mass is 10.2. The second-order valence-electron chi connectivity index (χ2n) is 5.12. The van der Waals surface area contributed by atoms with E-state index in [-0.39, 0.29) is 5.56 Å². The number of carbonyl (C=O) groups is 2. The predicted octanol–water partition coefficient (Wildman–Crippen LogP) is 3.46. The van der Waals surface area contributed by atoms with Crippen molar-refractivity contribution in [3.8, 4) is 11.5 Å². The number of halogens is 1. The Balaban J connectivity index is 2.04. The molecular weight excluding hydrogens is 346 g/mol. The van der Waals surface area contributed by atoms with Gasteiger partial charge in [-0.15, -0.1) is 0 Å². The maximum Gasteiger partial charge on any atom is 0.346 e. The van der Waals surface area contributed by atoms with Crippen molar-refractivity contribution >= 4 is 29.2 Å². The Morgan fingerprint density at radius 3 is 2.28 bits per heavy atom. The van der Waals surface area contributed by atoms with Gasteiger partial charge in [0.2, 0.25) is 0 Å². The Hall–Kier alpha value is -2.73. The van der Waals surface area contributed by atoms with Gasteiger partial charge < -0.3 is 19.5 Å². The zero-order valence-corrected chi connectivity index (χ0v) is 14.8. The van der Waals surface area contributed by atoms with E-state index in [0.29, 0.717) is 22.2 Å². The zero-order valence-electron chi connectivity index (χ0n) is 14.1. The van der Waals surface area contributed by atoms with Crippen LogP contribution in [0.2, 0.25) is 5.02 Å². The highest BCUT2D eigenvalue weighted by Gasteiger charge is 2.20. The fourth-order valence-electron chi connectivity index (χ4n) is 2.21. The highest BCUT2D eigenvalue weighted by Crippen LogP contribution is 2.28. The number of hydrogen-bond donors (Lipinski definition) is 1. The van der Waals surface area contributed by atoms with E-state index in [1.54, 1.807) is 36.4 Å². The molecule has 0 heterocycles. The number of carbonyl (C=O) groups excluding carboxylic acids is 2. The third-order valence-electron chi connectivity index (χ3n) is 3.43. The lowest BCUT2D eigenvalue weighted by Gasteiger charge is -2.13. The molecule has 2 rings (SSSR count). The van der Waals surface area contributed by atoms with Crippen molar-refractivity contribution in [1.29, 1.82) is 0 Å². The number of anilines is 1. The van der Waals surface area contributed by atoms with Crippen LogP contribution in [-0.2, 0) is 9.53 Å². The van der Waals surface area contributed by atoms with Crippen LogP contribution in [0, 0.1) is 6.92 Å². The van der Waals surface area contributed by atoms with Crippen LogP contribution in [0.15, 0.2) is 36.4 Å². The van der Waals surface area contributed by atoms with Gasteiger partial charge in [-0.3, -0.25) is 4.79 Å². The number of nitrogens with one attached hydrogen (secondary N) is 1. The van der Waals surface area contributed by atoms with Gasteiger partial charge in [0.15, 0.2) is 6.61 Å². The molecule has 0 saturated carbocycles. The van der Waals surface area contributed by atoms with Gasteiger partial charge in [-0.2, -0.15) is 0 Å². The molecule has 25 heavy (non-hydrogen) atoms. The topological polar surface area (TPSA) is 73.9 Å². The summed E-state index contributed by atoms with van der Waals surface area (Å²) in [5.41, 5.74) is 1.53. The predicted molar refractivity (Wildman–Crippen MR) is 94.6 cm³/mol. The summed E-state index contributed by atoms with van der Waals surface area (Å²) in [7, 11) is 2.86. The first-order valence-electron chi connectivity index (χ1n) is 7.40. The number of hydrogen-bond acceptors (Lipinski definition) is 5. The average Bonchev–Trinajstić information content (AvgIpc) is 2.61. The minimum Gasteiger partial charge on any atom is -0.496 e. The van der Waals surface area contributed by atoms with Crippen molar-refractivity contribution < 1.29 is 23.8 Å². The summed E-state index contributed by atoms with van der Waals surface area (Å²) < 4.78 is 15.4. The van der Waals surface area contributed by atoms with Gasteiger partial charge in [-0.05, 0) is 42.8 Å². The molecule has 0 fully saturated rings. The van der Waals surface area contributed by atoms with Crippen LogP contribution in [0.4, 0.5) is 5.69 Å². The summed E-state index contributed by atoms with van der Waals surface area (Å²) in [5.74, 6) is -0.568. The summed E-state index contributed by atoms with van der Waals surface area (Å²) >= 11 is 5.88. The molecule has 2 aromatic carbocycles. The van der Waals surface area contributed by atoms with Crippen LogP contribution in [0.25, 0.3) is 0 Å². The third-order valence-corrected chi connectivity index (χ3v) is 3.66. The van der Waals surface area contributed by atoms with Gasteiger partial charge in [0.05, 0.1) is 14.2 Å². The number of methoxy groups -OCH3 is 2. The fraction of sp³-hybridized carbons (Fsp3) is 0.222. The molecule has 132 valence electrons. The van der Waals surface area contributed by atoms with Crippen molar-refractivity contribution in [2.24, 2.45) is 0 Å². The van der Waals surface area contributed by atoms with E-state index in [4.69, 9.17) is 25.8 Å². The summed E-state index contributed by atoms with van der Waals surface area (Å²) in [4.78, 5) is 24.3. The van der Waals surface area contributed by atoms with Gasteiger partial charge in [0.25, 0.3) is 5.91 Å². The van der Waals surface area contributed by atoms with E-state index >= 15 is 0 Å². The second-order valence-corrected chi connectivity index (χ2v) is 5.56. The van der Waals surface area contributed by atoms with Gasteiger partial charge in [-0.25, -0.2) is 4.79 Å². The minimum absolute atomic E-state index is 0.128. The second kappa shape index (κ2) is 8.39. The lowest BCUT2D eigenvalue weighted by molar-refractivity contribution is -0.119. The van der Waals surface area contributed by atoms with Crippen LogP contribution < -0.4 is 14.8 Å². The van der Waals surface area contributed by atoms with Gasteiger partial charge in [-0.1, -0.05) is 17.7 Å². The Morgan fingerprint density at radius 1 is 1.08 bits per heavy atom. The van der Waals surface area contributed by atoms with Crippen molar-refractivity contribution in [3.63, 3.8) is 0 Å². The number of benzene rings is 2. The first kappa shape index (κ1) is 18.6. The molecule has 1 amide bonds. The molecule has 2 aromatic rings. The molecule has 7 heteroatoms. The SMILES string of the molecule is COc1cccc(OC)c1C(=O)OCC(=O)Nc1ccc(Cl)cc1C. The lowest BCUT2D eigenvalue weighted by Crippen LogP contribution is -2.21. The number of esters is 1. The molecule has 0 bridgehead atoms. The Bertz CT molecular complexity index is 769. The molecule has 0 aliphatic carbocycles. The number of ether oxygens (including phenoxy) is 3. The first-order valence-corrected chi connectivity index (χ1v) is 7.78. The molecule has 0 spiro atoms. The fourth-order valence-corrected chi connectivity index (χ4v) is 2.44. The number of amides is 1. The van der Waals surface area contributed by atoms with E-state index in [9.17, 15) is 9.59 Å². The normalized spacial score (nSPS) is 10.1. The maximum atomic E-state index is 12.3. The summed E-state index contributed by atoms with van der Waals surface area (Å²) in [6, 6.07) is 9.97. The average molecular weight is 364 g/mol. The van der Waals surface area contributed by atoms with E-state index in [0.717, 1.165) is 5.56 Å². The number of aryl methyl sites for hydroxylation is 1. The number of rotatable bonds is 6. The molecular formula is C18H18ClNO5. The van der Waals surface area contributed by atoms with Crippen LogP contribution in [-0.4, -0.2) is 32.7 Å². The van der Waals surface area contributed by atoms with E-state index in [1.807, 2.05) is 6.92 Å². The Labute approximate surface area is 150 Å². The molecule has 0 aliphatic rings. The molecule has 0 saturated heterocycles. The summed E-state index contributed by atoms with van der Waals surface area (Å²) in [6.07, 6.45) is 0. The monoisotopic (exact) mass is 363 g/mol. The molecule has 0 aromatic heterocycles. The summed E-state index contributed by atoms with van der Waals surface area (Å²) in [6.45, 7) is 1.37. The molecule has 6 nitrogen and oxygen atoms in total. The van der Waals surface area contributed by atoms with Crippen molar-refractivity contribution in [1.82, 2.24) is 0 Å². The molecule has 0 unspecified atom stereocenters. The minimum atomic E-state index is -0.711. The van der Waals surface area contributed by atoms with Gasteiger partial charge in [0.1, 0.15) is 17.1 Å². The van der Waals surface area contributed by atoms with Crippen LogP contribution in [0.1, 0.15) is 15.9 Å². The van der Waals surface area contributed by atoms with Gasteiger partial charge >= 0.3 is 5.97 Å². The largest absolute Gasteiger partial charge is 0.496 e. The zero-order chi connectivity index (χ0) is 18.4. The van der Waals surface area contributed by atoms with E-state index in [1.165, 1.54) is 14.2 Å². The molecule has 0 radical (unpaired) electrons. The Kier molecular flexibility index (Phi) is 6.25. The molecule has 0 atom stereocenters.